The van der Waals surface area contributed by atoms with Gasteiger partial charge in [0, 0.05) is 12.7 Å². The summed E-state index contributed by atoms with van der Waals surface area (Å²) in [7, 11) is -3.36. The van der Waals surface area contributed by atoms with E-state index in [1.165, 1.54) is 4.57 Å². The number of pyridine rings is 1. The lowest BCUT2D eigenvalue weighted by molar-refractivity contribution is 0.583. The number of nitrogens with zero attached hydrogens (tertiary/aromatic N) is 2. The third kappa shape index (κ3) is 3.88. The number of hydrogen-bond acceptors (Lipinski definition) is 4. The summed E-state index contributed by atoms with van der Waals surface area (Å²) in [4.78, 5) is 12.4. The highest BCUT2D eigenvalue weighted by Crippen LogP contribution is 2.13. The van der Waals surface area contributed by atoms with Gasteiger partial charge in [0.1, 0.15) is 11.6 Å². The smallest absolute Gasteiger partial charge is 0.268 e. The summed E-state index contributed by atoms with van der Waals surface area (Å²) >= 11 is 0. The second-order valence-electron chi connectivity index (χ2n) is 5.47. The van der Waals surface area contributed by atoms with E-state index in [1.807, 2.05) is 13.0 Å². The van der Waals surface area contributed by atoms with E-state index in [-0.39, 0.29) is 28.3 Å². The molecule has 6 heteroatoms. The molecule has 0 N–H and O–H groups in total. The topological polar surface area (TPSA) is 79.9 Å². The summed E-state index contributed by atoms with van der Waals surface area (Å²) in [6, 6.07) is 10.3. The fraction of sp³-hybridized carbons (Fsp3) is 0.294. The molecule has 5 nitrogen and oxygen atoms in total. The Hall–Kier alpha value is -2.39. The van der Waals surface area contributed by atoms with Gasteiger partial charge < -0.3 is 4.57 Å². The third-order valence-electron chi connectivity index (χ3n) is 3.68. The lowest BCUT2D eigenvalue weighted by Crippen LogP contribution is -2.24. The van der Waals surface area contributed by atoms with Crippen LogP contribution in [-0.2, 0) is 16.4 Å². The second kappa shape index (κ2) is 6.80. The number of rotatable bonds is 5. The van der Waals surface area contributed by atoms with Crippen molar-refractivity contribution in [3.8, 4) is 6.07 Å². The van der Waals surface area contributed by atoms with Crippen molar-refractivity contribution < 1.29 is 8.42 Å². The summed E-state index contributed by atoms with van der Waals surface area (Å²) in [6.45, 7) is 3.86. The van der Waals surface area contributed by atoms with Crippen molar-refractivity contribution in [3.05, 3.63) is 63.6 Å². The highest BCUT2D eigenvalue weighted by atomic mass is 32.2. The van der Waals surface area contributed by atoms with Crippen LogP contribution in [0.5, 0.6) is 0 Å². The largest absolute Gasteiger partial charge is 0.314 e. The van der Waals surface area contributed by atoms with E-state index in [0.29, 0.717) is 12.0 Å². The minimum Gasteiger partial charge on any atom is -0.314 e. The molecule has 120 valence electrons. The molecule has 23 heavy (non-hydrogen) atoms. The quantitative estimate of drug-likeness (QED) is 0.842. The number of hydrogen-bond donors (Lipinski definition) is 0. The van der Waals surface area contributed by atoms with Gasteiger partial charge in [-0.3, -0.25) is 4.79 Å². The average molecular weight is 330 g/mol. The number of sulfone groups is 1. The van der Waals surface area contributed by atoms with Gasteiger partial charge in [0.15, 0.2) is 9.84 Å². The van der Waals surface area contributed by atoms with Crippen LogP contribution in [0.3, 0.4) is 0 Å². The SMILES string of the molecule is Cc1ccc(S(=O)(=O)CCCn2ccc(C)c(C#N)c2=O)cc1. The Morgan fingerprint density at radius 1 is 1.13 bits per heavy atom. The van der Waals surface area contributed by atoms with E-state index in [1.54, 1.807) is 43.5 Å². The van der Waals surface area contributed by atoms with Gasteiger partial charge in [-0.25, -0.2) is 8.42 Å². The van der Waals surface area contributed by atoms with Gasteiger partial charge >= 0.3 is 0 Å². The fourth-order valence-electron chi connectivity index (χ4n) is 2.27. The van der Waals surface area contributed by atoms with E-state index in [4.69, 9.17) is 5.26 Å². The minimum atomic E-state index is -3.36. The molecule has 2 rings (SSSR count). The standard InChI is InChI=1S/C17H18N2O3S/c1-13-4-6-15(7-5-13)23(21,22)11-3-9-19-10-8-14(2)16(12-18)17(19)20/h4-8,10H,3,9,11H2,1-2H3. The van der Waals surface area contributed by atoms with Crippen molar-refractivity contribution in [2.45, 2.75) is 31.7 Å². The van der Waals surface area contributed by atoms with Crippen LogP contribution in [0.1, 0.15) is 23.1 Å². The number of benzene rings is 1. The molecule has 0 bridgehead atoms. The molecule has 0 unspecified atom stereocenters. The Labute approximate surface area is 135 Å². The van der Waals surface area contributed by atoms with Gasteiger partial charge in [-0.15, -0.1) is 0 Å². The summed E-state index contributed by atoms with van der Waals surface area (Å²) in [5.41, 5.74) is 1.36. The summed E-state index contributed by atoms with van der Waals surface area (Å²) in [6.07, 6.45) is 1.90. The van der Waals surface area contributed by atoms with Crippen LogP contribution < -0.4 is 5.56 Å². The lowest BCUT2D eigenvalue weighted by atomic mass is 10.2. The van der Waals surface area contributed by atoms with E-state index < -0.39 is 9.84 Å². The maximum Gasteiger partial charge on any atom is 0.268 e. The Morgan fingerprint density at radius 3 is 2.39 bits per heavy atom. The zero-order chi connectivity index (χ0) is 17.0. The molecule has 0 spiro atoms. The maximum atomic E-state index is 12.3. The monoisotopic (exact) mass is 330 g/mol. The number of nitriles is 1. The fourth-order valence-corrected chi connectivity index (χ4v) is 3.56. The summed E-state index contributed by atoms with van der Waals surface area (Å²) < 4.78 is 25.9. The molecule has 1 aromatic carbocycles. The lowest BCUT2D eigenvalue weighted by Gasteiger charge is -2.08. The van der Waals surface area contributed by atoms with Crippen LogP contribution in [0, 0.1) is 25.2 Å². The molecular weight excluding hydrogens is 312 g/mol. The van der Waals surface area contributed by atoms with Crippen molar-refractivity contribution in [3.63, 3.8) is 0 Å². The van der Waals surface area contributed by atoms with Crippen LogP contribution in [0.25, 0.3) is 0 Å². The Balaban J connectivity index is 2.10. The molecule has 1 heterocycles. The Morgan fingerprint density at radius 2 is 1.78 bits per heavy atom. The van der Waals surface area contributed by atoms with Crippen LogP contribution in [-0.4, -0.2) is 18.7 Å². The molecule has 0 saturated carbocycles. The minimum absolute atomic E-state index is 0.0434. The molecule has 2 aromatic rings. The van der Waals surface area contributed by atoms with Gasteiger partial charge in [0.2, 0.25) is 0 Å². The molecule has 0 amide bonds. The first-order valence-corrected chi connectivity index (χ1v) is 8.90. The summed E-state index contributed by atoms with van der Waals surface area (Å²) in [5, 5.41) is 8.99. The van der Waals surface area contributed by atoms with Gasteiger partial charge in [-0.1, -0.05) is 17.7 Å². The van der Waals surface area contributed by atoms with E-state index in [9.17, 15) is 13.2 Å². The van der Waals surface area contributed by atoms with Crippen LogP contribution in [0.2, 0.25) is 0 Å². The van der Waals surface area contributed by atoms with Crippen LogP contribution >= 0.6 is 0 Å². The van der Waals surface area contributed by atoms with Crippen molar-refractivity contribution in [1.82, 2.24) is 4.57 Å². The van der Waals surface area contributed by atoms with Crippen LogP contribution in [0.15, 0.2) is 46.2 Å². The molecule has 0 atom stereocenters. The van der Waals surface area contributed by atoms with Crippen molar-refractivity contribution in [2.75, 3.05) is 5.75 Å². The Kier molecular flexibility index (Phi) is 5.02. The molecule has 1 aromatic heterocycles. The van der Waals surface area contributed by atoms with E-state index in [0.717, 1.165) is 5.56 Å². The molecule has 0 fully saturated rings. The van der Waals surface area contributed by atoms with E-state index in [2.05, 4.69) is 0 Å². The molecule has 0 saturated heterocycles. The predicted molar refractivity (Wildman–Crippen MR) is 88.0 cm³/mol. The number of aromatic nitrogens is 1. The Bertz CT molecular complexity index is 904. The average Bonchev–Trinajstić information content (AvgIpc) is 2.50. The first kappa shape index (κ1) is 17.0. The maximum absolute atomic E-state index is 12.3. The van der Waals surface area contributed by atoms with Crippen LogP contribution in [0.4, 0.5) is 0 Å². The van der Waals surface area contributed by atoms with Crippen molar-refractivity contribution >= 4 is 9.84 Å². The molecular formula is C17H18N2O3S. The van der Waals surface area contributed by atoms with Gasteiger partial charge in [0.25, 0.3) is 5.56 Å². The predicted octanol–water partition coefficient (Wildman–Crippen LogP) is 2.20. The second-order valence-corrected chi connectivity index (χ2v) is 7.58. The van der Waals surface area contributed by atoms with Crippen molar-refractivity contribution in [1.29, 1.82) is 5.26 Å². The van der Waals surface area contributed by atoms with E-state index >= 15 is 0 Å². The number of aryl methyl sites for hydroxylation is 3. The van der Waals surface area contributed by atoms with Gasteiger partial charge in [-0.2, -0.15) is 5.26 Å². The van der Waals surface area contributed by atoms with Gasteiger partial charge in [0.05, 0.1) is 10.6 Å². The highest BCUT2D eigenvalue weighted by molar-refractivity contribution is 7.91. The normalized spacial score (nSPS) is 11.2. The van der Waals surface area contributed by atoms with Gasteiger partial charge in [-0.05, 0) is 44.0 Å². The molecule has 0 aliphatic carbocycles. The zero-order valence-corrected chi connectivity index (χ0v) is 13.9. The first-order chi connectivity index (χ1) is 10.8. The zero-order valence-electron chi connectivity index (χ0n) is 13.1. The van der Waals surface area contributed by atoms with Crippen molar-refractivity contribution in [2.24, 2.45) is 0 Å². The first-order valence-electron chi connectivity index (χ1n) is 7.25. The highest BCUT2D eigenvalue weighted by Gasteiger charge is 2.14. The molecule has 0 radical (unpaired) electrons. The molecule has 0 aliphatic heterocycles. The molecule has 0 aliphatic rings. The summed E-state index contributed by atoms with van der Waals surface area (Å²) in [5.74, 6) is -0.0434. The third-order valence-corrected chi connectivity index (χ3v) is 5.49.